The van der Waals surface area contributed by atoms with Gasteiger partial charge < -0.3 is 23.7 Å². The Morgan fingerprint density at radius 3 is 2.28 bits per heavy atom. The highest BCUT2D eigenvalue weighted by atomic mass is 16.6. The van der Waals surface area contributed by atoms with E-state index in [0.29, 0.717) is 11.3 Å². The molecule has 8 heteroatoms. The number of benzene rings is 1. The van der Waals surface area contributed by atoms with E-state index in [1.165, 1.54) is 27.9 Å². The molecule has 1 aliphatic heterocycles. The van der Waals surface area contributed by atoms with Crippen molar-refractivity contribution < 1.29 is 38.1 Å². The molecule has 0 unspecified atom stereocenters. The molecule has 0 spiro atoms. The van der Waals surface area contributed by atoms with Gasteiger partial charge in [0.2, 0.25) is 0 Å². The van der Waals surface area contributed by atoms with Crippen LogP contribution in [0.2, 0.25) is 0 Å². The summed E-state index contributed by atoms with van der Waals surface area (Å²) in [5.41, 5.74) is 1.44. The molecule has 1 fully saturated rings. The van der Waals surface area contributed by atoms with Crippen LogP contribution in [0.15, 0.2) is 24.3 Å². The molecule has 0 aliphatic carbocycles. The fourth-order valence-corrected chi connectivity index (χ4v) is 3.15. The third kappa shape index (κ3) is 6.05. The molecule has 1 heterocycles. The van der Waals surface area contributed by atoms with Crippen molar-refractivity contribution in [2.45, 2.75) is 58.7 Å². The average molecular weight is 406 g/mol. The first-order chi connectivity index (χ1) is 13.7. The summed E-state index contributed by atoms with van der Waals surface area (Å²) >= 11 is 0. The number of hydrogen-bond donors (Lipinski definition) is 0. The lowest BCUT2D eigenvalue weighted by Crippen LogP contribution is -2.38. The van der Waals surface area contributed by atoms with Crippen LogP contribution >= 0.6 is 0 Å². The van der Waals surface area contributed by atoms with Gasteiger partial charge in [0.15, 0.2) is 12.2 Å². The third-order valence-corrected chi connectivity index (χ3v) is 4.36. The van der Waals surface area contributed by atoms with Crippen LogP contribution in [0.3, 0.4) is 0 Å². The van der Waals surface area contributed by atoms with Crippen molar-refractivity contribution in [1.82, 2.24) is 0 Å². The van der Waals surface area contributed by atoms with Gasteiger partial charge in [0.05, 0.1) is 13.2 Å². The molecule has 1 aromatic carbocycles. The summed E-state index contributed by atoms with van der Waals surface area (Å²) in [6.07, 6.45) is 0.933. The highest BCUT2D eigenvalue weighted by Crippen LogP contribution is 2.30. The Hall–Kier alpha value is -2.87. The van der Waals surface area contributed by atoms with Crippen molar-refractivity contribution in [3.8, 4) is 5.75 Å². The van der Waals surface area contributed by atoms with Gasteiger partial charge in [-0.2, -0.15) is 0 Å². The minimum Gasteiger partial charge on any atom is -0.496 e. The fraction of sp³-hybridized carbons (Fsp3) is 0.476. The van der Waals surface area contributed by atoms with Crippen LogP contribution in [0.1, 0.15) is 38.8 Å². The zero-order chi connectivity index (χ0) is 21.6. The first kappa shape index (κ1) is 22.4. The van der Waals surface area contributed by atoms with E-state index in [4.69, 9.17) is 23.7 Å². The van der Waals surface area contributed by atoms with Crippen LogP contribution in [0.5, 0.6) is 5.75 Å². The van der Waals surface area contributed by atoms with E-state index in [9.17, 15) is 14.4 Å². The molecule has 158 valence electrons. The molecular formula is C21H26O8. The predicted molar refractivity (Wildman–Crippen MR) is 103 cm³/mol. The summed E-state index contributed by atoms with van der Waals surface area (Å²) in [6, 6.07) is 5.41. The number of methoxy groups -OCH3 is 1. The van der Waals surface area contributed by atoms with Gasteiger partial charge in [0, 0.05) is 26.3 Å². The van der Waals surface area contributed by atoms with Crippen LogP contribution in [0.4, 0.5) is 0 Å². The third-order valence-electron chi connectivity index (χ3n) is 4.36. The lowest BCUT2D eigenvalue weighted by atomic mass is 10.0. The standard InChI is InChI=1S/C21H26O8/c1-12-20(28-14(3)23)21(29-15(4)24)19(27-12)10-9-16-7-6-8-18(25-5)17(16)11-26-13(2)22/h6-10,12,19-21H,11H2,1-5H3/b10-9+/t12-,19+,20-,21+/m0/s1. The number of ether oxygens (including phenoxy) is 5. The zero-order valence-corrected chi connectivity index (χ0v) is 17.2. The van der Waals surface area contributed by atoms with Crippen molar-refractivity contribution in [2.24, 2.45) is 0 Å². The number of hydrogen-bond acceptors (Lipinski definition) is 8. The Bertz CT molecular complexity index is 785. The van der Waals surface area contributed by atoms with Crippen LogP contribution in [-0.2, 0) is 39.9 Å². The van der Waals surface area contributed by atoms with Gasteiger partial charge in [-0.15, -0.1) is 0 Å². The highest BCUT2D eigenvalue weighted by Gasteiger charge is 2.45. The molecule has 0 aromatic heterocycles. The molecule has 0 bridgehead atoms. The van der Waals surface area contributed by atoms with Crippen molar-refractivity contribution in [3.05, 3.63) is 35.4 Å². The molecule has 29 heavy (non-hydrogen) atoms. The van der Waals surface area contributed by atoms with Crippen LogP contribution in [-0.4, -0.2) is 49.4 Å². The first-order valence-corrected chi connectivity index (χ1v) is 9.20. The van der Waals surface area contributed by atoms with Crippen LogP contribution < -0.4 is 4.74 Å². The van der Waals surface area contributed by atoms with E-state index in [1.54, 1.807) is 31.2 Å². The van der Waals surface area contributed by atoms with Gasteiger partial charge in [0.1, 0.15) is 18.5 Å². The maximum absolute atomic E-state index is 11.5. The van der Waals surface area contributed by atoms with Crippen molar-refractivity contribution in [1.29, 1.82) is 0 Å². The average Bonchev–Trinajstić information content (AvgIpc) is 2.92. The second kappa shape index (κ2) is 10.1. The molecule has 1 saturated heterocycles. The van der Waals surface area contributed by atoms with E-state index in [0.717, 1.165) is 5.56 Å². The van der Waals surface area contributed by atoms with E-state index in [-0.39, 0.29) is 6.61 Å². The van der Waals surface area contributed by atoms with Gasteiger partial charge in [-0.05, 0) is 18.6 Å². The summed E-state index contributed by atoms with van der Waals surface area (Å²) in [5.74, 6) is -0.815. The number of rotatable bonds is 7. The SMILES string of the molecule is COc1cccc(/C=C/[C@H]2O[C@@H](C)[C@H](OC(C)=O)[C@@H]2OC(C)=O)c1COC(C)=O. The molecule has 1 aromatic rings. The second-order valence-electron chi connectivity index (χ2n) is 6.62. The zero-order valence-electron chi connectivity index (χ0n) is 17.2. The Balaban J connectivity index is 2.29. The van der Waals surface area contributed by atoms with Crippen molar-refractivity contribution >= 4 is 24.0 Å². The lowest BCUT2D eigenvalue weighted by molar-refractivity contribution is -0.163. The Morgan fingerprint density at radius 2 is 1.69 bits per heavy atom. The Morgan fingerprint density at radius 1 is 1.03 bits per heavy atom. The molecule has 0 saturated carbocycles. The monoisotopic (exact) mass is 406 g/mol. The van der Waals surface area contributed by atoms with E-state index < -0.39 is 42.3 Å². The van der Waals surface area contributed by atoms with Gasteiger partial charge in [-0.3, -0.25) is 14.4 Å². The van der Waals surface area contributed by atoms with Crippen molar-refractivity contribution in [2.75, 3.05) is 7.11 Å². The summed E-state index contributed by atoms with van der Waals surface area (Å²) in [4.78, 5) is 34.2. The molecule has 2 rings (SSSR count). The maximum Gasteiger partial charge on any atom is 0.303 e. The maximum atomic E-state index is 11.5. The number of carbonyl (C=O) groups excluding carboxylic acids is 3. The van der Waals surface area contributed by atoms with E-state index >= 15 is 0 Å². The van der Waals surface area contributed by atoms with Crippen molar-refractivity contribution in [3.63, 3.8) is 0 Å². The van der Waals surface area contributed by atoms with Crippen LogP contribution in [0.25, 0.3) is 6.08 Å². The normalized spacial score (nSPS) is 23.6. The van der Waals surface area contributed by atoms with Gasteiger partial charge >= 0.3 is 17.9 Å². The molecule has 0 radical (unpaired) electrons. The second-order valence-corrected chi connectivity index (χ2v) is 6.62. The minimum atomic E-state index is -0.773. The highest BCUT2D eigenvalue weighted by molar-refractivity contribution is 5.68. The van der Waals surface area contributed by atoms with E-state index in [2.05, 4.69) is 0 Å². The topological polar surface area (TPSA) is 97.4 Å². The van der Waals surface area contributed by atoms with Gasteiger partial charge in [0.25, 0.3) is 0 Å². The minimum absolute atomic E-state index is 0.0460. The van der Waals surface area contributed by atoms with Gasteiger partial charge in [-0.1, -0.05) is 24.3 Å². The molecule has 1 aliphatic rings. The van der Waals surface area contributed by atoms with E-state index in [1.807, 2.05) is 6.07 Å². The number of carbonyl (C=O) groups is 3. The number of esters is 3. The Kier molecular flexibility index (Phi) is 7.78. The summed E-state index contributed by atoms with van der Waals surface area (Å²) in [6.45, 7) is 5.70. The summed E-state index contributed by atoms with van der Waals surface area (Å²) < 4.78 is 27.0. The summed E-state index contributed by atoms with van der Waals surface area (Å²) in [7, 11) is 1.53. The molecule has 8 nitrogen and oxygen atoms in total. The molecule has 4 atom stereocenters. The quantitative estimate of drug-likeness (QED) is 0.503. The largest absolute Gasteiger partial charge is 0.496 e. The smallest absolute Gasteiger partial charge is 0.303 e. The molecular weight excluding hydrogens is 380 g/mol. The molecule has 0 amide bonds. The fourth-order valence-electron chi connectivity index (χ4n) is 3.15. The predicted octanol–water partition coefficient (Wildman–Crippen LogP) is 2.42. The first-order valence-electron chi connectivity index (χ1n) is 9.20. The lowest BCUT2D eigenvalue weighted by Gasteiger charge is -2.21. The summed E-state index contributed by atoms with van der Waals surface area (Å²) in [5, 5.41) is 0. The molecule has 0 N–H and O–H groups in total. The Labute approximate surface area is 169 Å². The van der Waals surface area contributed by atoms with Gasteiger partial charge in [-0.25, -0.2) is 0 Å². The van der Waals surface area contributed by atoms with Crippen LogP contribution in [0, 0.1) is 0 Å².